The van der Waals surface area contributed by atoms with Crippen LogP contribution in [-0.4, -0.2) is 66.5 Å². The number of hydrogen-bond donors (Lipinski definition) is 5. The molecule has 4 aromatic carbocycles. The van der Waals surface area contributed by atoms with Gasteiger partial charge in [0.05, 0.1) is 16.8 Å². The molecule has 2 atom stereocenters. The first kappa shape index (κ1) is 53.7. The number of ether oxygens (including phenoxy) is 2. The first-order chi connectivity index (χ1) is 33.4. The molecule has 2 aliphatic rings. The van der Waals surface area contributed by atoms with Crippen molar-refractivity contribution in [3.8, 4) is 57.1 Å². The van der Waals surface area contributed by atoms with Crippen LogP contribution in [0.25, 0.3) is 44.1 Å². The Morgan fingerprint density at radius 2 is 1.14 bits per heavy atom. The Labute approximate surface area is 433 Å². The van der Waals surface area contributed by atoms with E-state index in [1.54, 1.807) is 60.4 Å². The Balaban J connectivity index is 0.000000221. The van der Waals surface area contributed by atoms with Gasteiger partial charge in [0, 0.05) is 86.4 Å². The number of benzene rings is 4. The van der Waals surface area contributed by atoms with Crippen molar-refractivity contribution < 1.29 is 31.8 Å². The Bertz CT molecular complexity index is 3350. The van der Waals surface area contributed by atoms with E-state index in [0.717, 1.165) is 54.9 Å². The number of likely N-dealkylation sites (tertiary alicyclic amines) is 1. The number of nitrogen functional groups attached to an aromatic ring is 2. The summed E-state index contributed by atoms with van der Waals surface area (Å²) in [6.07, 6.45) is 5.26. The molecule has 0 saturated carbocycles. The molecular weight excluding hydrogens is 1170 g/mol. The largest absolute Gasteiger partial charge is 0.451 e. The number of rotatable bonds is 8. The van der Waals surface area contributed by atoms with Crippen molar-refractivity contribution in [1.82, 2.24) is 39.7 Å². The van der Waals surface area contributed by atoms with Gasteiger partial charge in [-0.25, -0.2) is 27.8 Å². The first-order valence-corrected chi connectivity index (χ1v) is 27.5. The molecule has 0 bridgehead atoms. The molecule has 10 rings (SSSR count). The van der Waals surface area contributed by atoms with Gasteiger partial charge in [-0.15, -0.1) is 12.4 Å². The van der Waals surface area contributed by atoms with Crippen LogP contribution < -0.4 is 37.4 Å². The van der Waals surface area contributed by atoms with E-state index in [1.807, 2.05) is 21.5 Å². The van der Waals surface area contributed by atoms with Crippen LogP contribution in [0.3, 0.4) is 0 Å². The third kappa shape index (κ3) is 11.1. The zero-order valence-electron chi connectivity index (χ0n) is 36.7. The highest BCUT2D eigenvalue weighted by Crippen LogP contribution is 2.39. The monoisotopic (exact) mass is 1220 g/mol. The molecule has 1 amide bonds. The predicted octanol–water partition coefficient (Wildman–Crippen LogP) is 10.2. The smallest absolute Gasteiger partial charge is 0.298 e. The molecule has 0 unspecified atom stereocenters. The minimum atomic E-state index is -0.811. The molecule has 7 N–H and O–H groups in total. The van der Waals surface area contributed by atoms with E-state index in [4.69, 9.17) is 20.9 Å². The van der Waals surface area contributed by atoms with Crippen LogP contribution in [0.4, 0.5) is 29.2 Å². The van der Waals surface area contributed by atoms with Gasteiger partial charge in [0.25, 0.3) is 17.0 Å². The van der Waals surface area contributed by atoms with Crippen molar-refractivity contribution in [2.45, 2.75) is 39.3 Å². The molecule has 2 aliphatic heterocycles. The van der Waals surface area contributed by atoms with Gasteiger partial charge in [-0.2, -0.15) is 10.2 Å². The lowest BCUT2D eigenvalue weighted by atomic mass is 10.1. The molecular formula is C49H45ClF4I2N10O5. The molecule has 71 heavy (non-hydrogen) atoms. The lowest BCUT2D eigenvalue weighted by Crippen LogP contribution is -2.28. The number of halogens is 7. The van der Waals surface area contributed by atoms with Gasteiger partial charge in [0.1, 0.15) is 22.5 Å². The highest BCUT2D eigenvalue weighted by atomic mass is 128. The summed E-state index contributed by atoms with van der Waals surface area (Å²) in [6.45, 7) is 4.15. The Hall–Kier alpha value is -6.62. The topological polar surface area (TPSA) is 204 Å². The quantitative estimate of drug-likeness (QED) is 0.0553. The second-order valence-electron chi connectivity index (χ2n) is 15.8. The number of nitrogens with one attached hydrogen (secondary N) is 3. The predicted molar refractivity (Wildman–Crippen MR) is 285 cm³/mol. The number of amides is 1. The fourth-order valence-corrected chi connectivity index (χ4v) is 8.50. The molecule has 2 saturated heterocycles. The maximum atomic E-state index is 14.0. The lowest BCUT2D eigenvalue weighted by molar-refractivity contribution is -0.124. The molecule has 0 aliphatic carbocycles. The number of carbonyl (C=O) groups excluding carboxylic acids is 1. The van der Waals surface area contributed by atoms with E-state index in [-0.39, 0.29) is 66.5 Å². The molecule has 2 fully saturated rings. The second-order valence-corrected chi connectivity index (χ2v) is 15.8. The van der Waals surface area contributed by atoms with E-state index in [9.17, 15) is 31.9 Å². The maximum absolute atomic E-state index is 14.0. The van der Waals surface area contributed by atoms with Crippen molar-refractivity contribution in [3.63, 3.8) is 0 Å². The van der Waals surface area contributed by atoms with Crippen LogP contribution in [0, 0.1) is 35.1 Å². The second kappa shape index (κ2) is 23.5. The number of fused-ring (bicyclic) bond motifs is 2. The molecule has 0 radical (unpaired) electrons. The van der Waals surface area contributed by atoms with Gasteiger partial charge in [-0.1, -0.05) is 49.7 Å². The van der Waals surface area contributed by atoms with Crippen LogP contribution in [0.15, 0.2) is 107 Å². The standard InChI is InChI=1S/C26H21F2N5O3.C22H19F2N5O2.CH4.ClH.I2/c1-2-4-21(34)32-12-11-16(13-32)33-14-18(22-23(33)26(35)31-30-25(22)29)15-7-9-17(10-8-15)36-24-19(27)5-3-6-20(24)28;23-16-2-1-3-17(24)20(16)31-14-6-4-12(5-7-14)15-11-29(13-8-9-26-10-13)19-18(15)21(25)27-28-22(19)30;;;1-2/h3,5-10,14,16H,11-13H2,1H3,(H2,29,30)(H,31,35);1-7,11,13,26H,8-10H2,(H2,25,27)(H,28,30);1H4;1H;/t16-;13-;;;/m11.../s1. The first-order valence-electron chi connectivity index (χ1n) is 21.2. The fraction of sp³-hybridized carbons (Fsp3) is 0.204. The molecule has 6 heterocycles. The third-order valence-corrected chi connectivity index (χ3v) is 11.7. The van der Waals surface area contributed by atoms with Gasteiger partial charge >= 0.3 is 0 Å². The summed E-state index contributed by atoms with van der Waals surface area (Å²) in [4.78, 5) is 39.2. The minimum absolute atomic E-state index is 0. The van der Waals surface area contributed by atoms with Crippen molar-refractivity contribution in [3.05, 3.63) is 141 Å². The van der Waals surface area contributed by atoms with Crippen LogP contribution >= 0.6 is 49.6 Å². The number of nitrogens with zero attached hydrogens (tertiary/aromatic N) is 5. The van der Waals surface area contributed by atoms with E-state index >= 15 is 0 Å². The number of hydrogen-bond acceptors (Lipinski definition) is 10. The average Bonchev–Trinajstić information content (AvgIpc) is 4.20. The van der Waals surface area contributed by atoms with E-state index in [2.05, 4.69) is 74.8 Å². The van der Waals surface area contributed by atoms with Crippen LogP contribution in [0.5, 0.6) is 23.0 Å². The number of para-hydroxylation sites is 2. The fourth-order valence-electron chi connectivity index (χ4n) is 8.50. The summed E-state index contributed by atoms with van der Waals surface area (Å²) < 4.78 is 70.2. The number of anilines is 2. The molecule has 22 heteroatoms. The third-order valence-electron chi connectivity index (χ3n) is 11.7. The zero-order valence-corrected chi connectivity index (χ0v) is 41.9. The van der Waals surface area contributed by atoms with Gasteiger partial charge in [-0.05, 0) is 91.9 Å². The average molecular weight is 1220 g/mol. The van der Waals surface area contributed by atoms with E-state index < -0.39 is 40.3 Å². The number of nitrogens with two attached hydrogens (primary N) is 2. The SMILES string of the molecule is C.CC#CC(=O)N1CC[C@@H](n2cc(-c3ccc(Oc4c(F)cccc4F)cc3)c3c(N)n[nH]c(=O)c32)C1.Cl.II.Nc1n[nH]c(=O)c2c1c(-c1ccc(Oc3c(F)cccc3F)cc1)cn2[C@@H]1CCNC1. The van der Waals surface area contributed by atoms with Gasteiger partial charge in [0.15, 0.2) is 46.4 Å². The highest BCUT2D eigenvalue weighted by Gasteiger charge is 2.30. The Morgan fingerprint density at radius 1 is 0.704 bits per heavy atom. The zero-order chi connectivity index (χ0) is 48.9. The van der Waals surface area contributed by atoms with Gasteiger partial charge in [-0.3, -0.25) is 14.4 Å². The van der Waals surface area contributed by atoms with Crippen molar-refractivity contribution in [1.29, 1.82) is 0 Å². The summed E-state index contributed by atoms with van der Waals surface area (Å²) in [5, 5.41) is 17.1. The number of aromatic amines is 2. The number of H-pyrrole nitrogens is 2. The Morgan fingerprint density at radius 3 is 1.55 bits per heavy atom. The lowest BCUT2D eigenvalue weighted by Gasteiger charge is -2.15. The van der Waals surface area contributed by atoms with Gasteiger partial charge < -0.3 is 40.3 Å². The van der Waals surface area contributed by atoms with Crippen LogP contribution in [-0.2, 0) is 4.79 Å². The van der Waals surface area contributed by atoms with E-state index in [0.29, 0.717) is 52.4 Å². The summed E-state index contributed by atoms with van der Waals surface area (Å²) >= 11 is 4.24. The van der Waals surface area contributed by atoms with Crippen molar-refractivity contribution in [2.24, 2.45) is 0 Å². The summed E-state index contributed by atoms with van der Waals surface area (Å²) in [5.41, 5.74) is 15.3. The molecule has 370 valence electrons. The molecule has 15 nitrogen and oxygen atoms in total. The van der Waals surface area contributed by atoms with Gasteiger partial charge in [0.2, 0.25) is 0 Å². The highest BCUT2D eigenvalue weighted by molar-refractivity contribution is 15.0. The van der Waals surface area contributed by atoms with Crippen LogP contribution in [0.2, 0.25) is 0 Å². The summed E-state index contributed by atoms with van der Waals surface area (Å²) in [5.74, 6) is 1.66. The van der Waals surface area contributed by atoms with Crippen molar-refractivity contribution in [2.75, 3.05) is 37.6 Å². The van der Waals surface area contributed by atoms with Crippen molar-refractivity contribution >= 4 is 89.0 Å². The molecule has 4 aromatic heterocycles. The van der Waals surface area contributed by atoms with Crippen LogP contribution in [0.1, 0.15) is 39.3 Å². The van der Waals surface area contributed by atoms with E-state index in [1.165, 1.54) is 12.1 Å². The summed E-state index contributed by atoms with van der Waals surface area (Å²) in [7, 11) is 0. The number of aromatic nitrogens is 6. The maximum Gasteiger partial charge on any atom is 0.298 e. The Kier molecular flexibility index (Phi) is 17.8. The molecule has 8 aromatic rings. The minimum Gasteiger partial charge on any atom is -0.451 e. The normalized spacial score (nSPS) is 14.8. The summed E-state index contributed by atoms with van der Waals surface area (Å²) in [6, 6.07) is 20.3. The number of carbonyl (C=O) groups is 1. The molecule has 0 spiro atoms.